The van der Waals surface area contributed by atoms with Crippen molar-refractivity contribution in [1.82, 2.24) is 9.97 Å². The highest BCUT2D eigenvalue weighted by Crippen LogP contribution is 2.19. The predicted octanol–water partition coefficient (Wildman–Crippen LogP) is 10.5. The number of aryl methyl sites for hydroxylation is 4. The molecule has 0 radical (unpaired) electrons. The minimum atomic E-state index is 0. The third-order valence-electron chi connectivity index (χ3n) is 5.12. The molecule has 0 aliphatic rings. The van der Waals surface area contributed by atoms with E-state index < -0.39 is 0 Å². The number of nitrogens with zero attached hydrogens (tertiary/aromatic N) is 1. The van der Waals surface area contributed by atoms with Crippen LogP contribution in [0, 0.1) is 27.7 Å². The number of methoxy groups -OCH3 is 1. The summed E-state index contributed by atoms with van der Waals surface area (Å²) in [4.78, 5) is 7.21. The van der Waals surface area contributed by atoms with E-state index in [0.717, 1.165) is 0 Å². The monoisotopic (exact) mass is 516 g/mol. The van der Waals surface area contributed by atoms with E-state index in [4.69, 9.17) is 4.74 Å². The van der Waals surface area contributed by atoms with E-state index in [1.807, 2.05) is 73.8 Å². The van der Waals surface area contributed by atoms with Crippen LogP contribution in [0.1, 0.15) is 57.7 Å². The van der Waals surface area contributed by atoms with E-state index in [0.29, 0.717) is 6.61 Å². The van der Waals surface area contributed by atoms with Gasteiger partial charge in [0.25, 0.3) is 0 Å². The Labute approximate surface area is 234 Å². The second-order valence-electron chi connectivity index (χ2n) is 8.02. The molecule has 0 bridgehead atoms. The number of ether oxygens (including phenoxy) is 1. The fourth-order valence-electron chi connectivity index (χ4n) is 3.14. The second kappa shape index (κ2) is 22.5. The van der Waals surface area contributed by atoms with E-state index >= 15 is 0 Å². The van der Waals surface area contributed by atoms with E-state index in [1.54, 1.807) is 13.3 Å². The Balaban J connectivity index is -0.000000422. The first kappa shape index (κ1) is 38.8. The topological polar surface area (TPSA) is 37.9 Å². The molecule has 3 aromatic carbocycles. The number of hydrogen-bond acceptors (Lipinski definition) is 2. The molecule has 2 heterocycles. The van der Waals surface area contributed by atoms with Crippen molar-refractivity contribution >= 4 is 10.9 Å². The minimum Gasteiger partial charge on any atom is -0.380 e. The maximum Gasteiger partial charge on any atom is 0.0713 e. The lowest BCUT2D eigenvalue weighted by Crippen LogP contribution is -1.84. The van der Waals surface area contributed by atoms with Gasteiger partial charge in [0, 0.05) is 36.1 Å². The smallest absolute Gasteiger partial charge is 0.0713 e. The van der Waals surface area contributed by atoms with Gasteiger partial charge < -0.3 is 9.72 Å². The van der Waals surface area contributed by atoms with Crippen molar-refractivity contribution in [2.24, 2.45) is 0 Å². The molecule has 0 atom stereocenters. The summed E-state index contributed by atoms with van der Waals surface area (Å²) in [6, 6.07) is 32.7. The molecule has 0 spiro atoms. The van der Waals surface area contributed by atoms with Crippen LogP contribution in [0.4, 0.5) is 0 Å². The van der Waals surface area contributed by atoms with Gasteiger partial charge >= 0.3 is 0 Å². The molecule has 2 aromatic heterocycles. The van der Waals surface area contributed by atoms with Crippen LogP contribution in [0.2, 0.25) is 0 Å². The van der Waals surface area contributed by atoms with Gasteiger partial charge in [-0.2, -0.15) is 0 Å². The van der Waals surface area contributed by atoms with Crippen molar-refractivity contribution in [2.45, 2.75) is 64.0 Å². The van der Waals surface area contributed by atoms with Gasteiger partial charge in [0.1, 0.15) is 0 Å². The Hall–Kier alpha value is -3.69. The Morgan fingerprint density at radius 3 is 1.58 bits per heavy atom. The Bertz CT molecular complexity index is 1150. The number of nitrogens with one attached hydrogen (secondary N) is 1. The largest absolute Gasteiger partial charge is 0.380 e. The predicted molar refractivity (Wildman–Crippen MR) is 172 cm³/mol. The number of rotatable bonds is 2. The van der Waals surface area contributed by atoms with E-state index in [-0.39, 0.29) is 29.7 Å². The summed E-state index contributed by atoms with van der Waals surface area (Å²) in [6.45, 7) is 9.07. The number of fused-ring (bicyclic) bond motifs is 1. The summed E-state index contributed by atoms with van der Waals surface area (Å²) in [7, 11) is 1.70. The van der Waals surface area contributed by atoms with Crippen LogP contribution in [0.25, 0.3) is 10.9 Å². The molecule has 1 N–H and O–H groups in total. The molecule has 0 unspecified atom stereocenters. The molecule has 0 saturated heterocycles. The second-order valence-corrected chi connectivity index (χ2v) is 8.02. The summed E-state index contributed by atoms with van der Waals surface area (Å²) >= 11 is 0. The third-order valence-corrected chi connectivity index (χ3v) is 5.12. The van der Waals surface area contributed by atoms with Crippen molar-refractivity contribution in [3.8, 4) is 0 Å². The first-order valence-electron chi connectivity index (χ1n) is 11.5. The lowest BCUT2D eigenvalue weighted by Gasteiger charge is -1.95. The number of aromatic amines is 1. The van der Waals surface area contributed by atoms with Crippen LogP contribution in [0.15, 0.2) is 109 Å². The van der Waals surface area contributed by atoms with Gasteiger partial charge in [0.15, 0.2) is 0 Å². The highest BCUT2D eigenvalue weighted by molar-refractivity contribution is 5.84. The summed E-state index contributed by atoms with van der Waals surface area (Å²) < 4.78 is 4.93. The van der Waals surface area contributed by atoms with Crippen molar-refractivity contribution in [2.75, 3.05) is 7.11 Å². The Morgan fingerprint density at radius 2 is 1.16 bits per heavy atom. The van der Waals surface area contributed by atoms with Gasteiger partial charge in [0.2, 0.25) is 0 Å². The van der Waals surface area contributed by atoms with Gasteiger partial charge in [-0.1, -0.05) is 120 Å². The first-order valence-corrected chi connectivity index (χ1v) is 11.5. The van der Waals surface area contributed by atoms with Gasteiger partial charge in [-0.3, -0.25) is 4.98 Å². The van der Waals surface area contributed by atoms with Gasteiger partial charge in [-0.15, -0.1) is 0 Å². The number of benzene rings is 3. The summed E-state index contributed by atoms with van der Waals surface area (Å²) in [6.07, 6.45) is 3.60. The molecule has 208 valence electrons. The first-order chi connectivity index (χ1) is 16.5. The van der Waals surface area contributed by atoms with Crippen LogP contribution in [0.3, 0.4) is 0 Å². The Kier molecular flexibility index (Phi) is 23.0. The van der Waals surface area contributed by atoms with Crippen molar-refractivity contribution in [1.29, 1.82) is 0 Å². The number of para-hydroxylation sites is 1. The van der Waals surface area contributed by atoms with Crippen molar-refractivity contribution in [3.63, 3.8) is 0 Å². The molecule has 3 nitrogen and oxygen atoms in total. The molecule has 5 aromatic rings. The fourth-order valence-corrected chi connectivity index (χ4v) is 3.14. The zero-order chi connectivity index (χ0) is 24.6. The summed E-state index contributed by atoms with van der Waals surface area (Å²) in [5.74, 6) is 0. The van der Waals surface area contributed by atoms with E-state index in [1.165, 1.54) is 38.9 Å². The standard InChI is InChI=1S/C10H11N.C8H10O.C7H8.C6H7N.4CH4/c1-7-8(2)11-10-6-4-3-5-9(7)10;1-9-7-8-5-3-2-4-6-8;1-7-5-3-2-4-6-7;1-6-3-2-4-7-5-6;;;;/h3-6,11H,1-2H3;2-6H,7H2,1H3;2-6H,1H3;2-5H,1H3;4*1H4. The number of pyridine rings is 1. The van der Waals surface area contributed by atoms with Crippen LogP contribution in [0.5, 0.6) is 0 Å². The third kappa shape index (κ3) is 14.8. The number of hydrogen-bond donors (Lipinski definition) is 1. The Morgan fingerprint density at radius 1 is 0.632 bits per heavy atom. The number of aromatic nitrogens is 2. The molecular weight excluding hydrogens is 464 g/mol. The van der Waals surface area contributed by atoms with E-state index in [2.05, 4.69) is 67.1 Å². The molecule has 0 amide bonds. The molecule has 5 rings (SSSR count). The summed E-state index contributed by atoms with van der Waals surface area (Å²) in [5.41, 5.74) is 7.62. The zero-order valence-corrected chi connectivity index (χ0v) is 21.0. The molecular formula is C35H52N2O. The van der Waals surface area contributed by atoms with Crippen LogP contribution >= 0.6 is 0 Å². The van der Waals surface area contributed by atoms with Gasteiger partial charge in [-0.25, -0.2) is 0 Å². The molecule has 38 heavy (non-hydrogen) atoms. The molecule has 0 aliphatic carbocycles. The number of H-pyrrole nitrogens is 1. The lowest BCUT2D eigenvalue weighted by atomic mass is 10.2. The molecule has 3 heteroatoms. The fraction of sp³-hybridized carbons (Fsp3) is 0.286. The molecule has 0 aliphatic heterocycles. The SMILES string of the molecule is C.C.C.C.COCc1ccccc1.Cc1[nH]c2ccccc2c1C.Cc1ccccc1.Cc1cccnc1. The van der Waals surface area contributed by atoms with Crippen molar-refractivity contribution in [3.05, 3.63) is 137 Å². The maximum absolute atomic E-state index is 4.93. The minimum absolute atomic E-state index is 0. The maximum atomic E-state index is 4.93. The van der Waals surface area contributed by atoms with E-state index in [9.17, 15) is 0 Å². The highest BCUT2D eigenvalue weighted by Gasteiger charge is 2.00. The average molecular weight is 517 g/mol. The van der Waals surface area contributed by atoms with Crippen molar-refractivity contribution < 1.29 is 4.74 Å². The highest BCUT2D eigenvalue weighted by atomic mass is 16.5. The quantitative estimate of drug-likeness (QED) is 0.253. The summed E-state index contributed by atoms with van der Waals surface area (Å²) in [5, 5.41) is 1.34. The van der Waals surface area contributed by atoms with Crippen LogP contribution in [-0.2, 0) is 11.3 Å². The normalized spacial score (nSPS) is 8.55. The average Bonchev–Trinajstić information content (AvgIpc) is 3.16. The lowest BCUT2D eigenvalue weighted by molar-refractivity contribution is 0.185. The van der Waals surface area contributed by atoms with Crippen LogP contribution < -0.4 is 0 Å². The van der Waals surface area contributed by atoms with Crippen LogP contribution in [-0.4, -0.2) is 17.1 Å². The van der Waals surface area contributed by atoms with Gasteiger partial charge in [-0.05, 0) is 56.5 Å². The molecule has 0 fully saturated rings. The van der Waals surface area contributed by atoms with Gasteiger partial charge in [0.05, 0.1) is 6.61 Å². The molecule has 0 saturated carbocycles. The zero-order valence-electron chi connectivity index (χ0n) is 21.0.